The molecule has 6 nitrogen and oxygen atoms in total. The van der Waals surface area contributed by atoms with Crippen molar-refractivity contribution in [2.24, 2.45) is 5.92 Å². The second-order valence-corrected chi connectivity index (χ2v) is 5.57. The molecule has 0 radical (unpaired) electrons. The molecule has 1 atom stereocenters. The van der Waals surface area contributed by atoms with Gasteiger partial charge in [0.05, 0.1) is 24.7 Å². The van der Waals surface area contributed by atoms with Gasteiger partial charge < -0.3 is 10.1 Å². The summed E-state index contributed by atoms with van der Waals surface area (Å²) in [6, 6.07) is 2.03. The maximum atomic E-state index is 5.49. The Kier molecular flexibility index (Phi) is 4.15. The highest BCUT2D eigenvalue weighted by Gasteiger charge is 2.14. The number of nitrogens with zero attached hydrogens (tertiary/aromatic N) is 4. The lowest BCUT2D eigenvalue weighted by Crippen LogP contribution is -2.24. The molecule has 1 N–H and O–H groups in total. The topological polar surface area (TPSA) is 64.9 Å². The zero-order chi connectivity index (χ0) is 14.7. The van der Waals surface area contributed by atoms with E-state index in [2.05, 4.69) is 20.4 Å². The zero-order valence-corrected chi connectivity index (χ0v) is 12.5. The number of nitrogens with one attached hydrogen (secondary N) is 1. The van der Waals surface area contributed by atoms with E-state index in [1.807, 2.05) is 24.6 Å². The summed E-state index contributed by atoms with van der Waals surface area (Å²) < 4.78 is 7.31. The predicted molar refractivity (Wildman–Crippen MR) is 80.7 cm³/mol. The number of hydrogen-bond acceptors (Lipinski definition) is 5. The van der Waals surface area contributed by atoms with E-state index in [1.165, 1.54) is 6.42 Å². The third-order valence-corrected chi connectivity index (χ3v) is 3.67. The molecule has 6 heteroatoms. The molecule has 1 fully saturated rings. The summed E-state index contributed by atoms with van der Waals surface area (Å²) in [5, 5.41) is 7.79. The van der Waals surface area contributed by atoms with Crippen LogP contribution in [-0.2, 0) is 4.74 Å². The van der Waals surface area contributed by atoms with Crippen LogP contribution in [0.25, 0.3) is 5.82 Å². The number of aromatic nitrogens is 4. The van der Waals surface area contributed by atoms with Crippen LogP contribution in [0.15, 0.2) is 18.5 Å². The second kappa shape index (κ2) is 6.22. The van der Waals surface area contributed by atoms with Crippen LogP contribution >= 0.6 is 0 Å². The summed E-state index contributed by atoms with van der Waals surface area (Å²) in [5.74, 6) is 2.08. The maximum absolute atomic E-state index is 5.49. The Morgan fingerprint density at radius 3 is 3.00 bits per heavy atom. The average molecular weight is 287 g/mol. The molecular formula is C15H21N5O. The van der Waals surface area contributed by atoms with Gasteiger partial charge in [0.25, 0.3) is 0 Å². The van der Waals surface area contributed by atoms with Crippen molar-refractivity contribution in [3.05, 3.63) is 29.8 Å². The minimum Gasteiger partial charge on any atom is -0.381 e. The Labute approximate surface area is 124 Å². The van der Waals surface area contributed by atoms with Gasteiger partial charge in [0.2, 0.25) is 0 Å². The molecule has 0 aromatic carbocycles. The molecule has 0 aliphatic carbocycles. The van der Waals surface area contributed by atoms with Crippen molar-refractivity contribution in [2.45, 2.75) is 26.7 Å². The molecule has 3 rings (SSSR count). The Morgan fingerprint density at radius 2 is 2.29 bits per heavy atom. The summed E-state index contributed by atoms with van der Waals surface area (Å²) >= 11 is 0. The van der Waals surface area contributed by atoms with E-state index in [4.69, 9.17) is 4.74 Å². The fraction of sp³-hybridized carbons (Fsp3) is 0.533. The average Bonchev–Trinajstić information content (AvgIpc) is 2.85. The third kappa shape index (κ3) is 3.39. The number of aryl methyl sites for hydroxylation is 2. The van der Waals surface area contributed by atoms with E-state index in [-0.39, 0.29) is 0 Å². The van der Waals surface area contributed by atoms with E-state index >= 15 is 0 Å². The number of hydrogen-bond donors (Lipinski definition) is 1. The van der Waals surface area contributed by atoms with Gasteiger partial charge in [-0.05, 0) is 38.7 Å². The van der Waals surface area contributed by atoms with Crippen LogP contribution in [0, 0.1) is 19.8 Å². The smallest absolute Gasteiger partial charge is 0.174 e. The second-order valence-electron chi connectivity index (χ2n) is 5.57. The van der Waals surface area contributed by atoms with Gasteiger partial charge in [0.1, 0.15) is 5.82 Å². The van der Waals surface area contributed by atoms with Gasteiger partial charge in [-0.2, -0.15) is 5.10 Å². The summed E-state index contributed by atoms with van der Waals surface area (Å²) in [4.78, 5) is 8.85. The monoisotopic (exact) mass is 287 g/mol. The third-order valence-electron chi connectivity index (χ3n) is 3.67. The van der Waals surface area contributed by atoms with Gasteiger partial charge >= 0.3 is 0 Å². The van der Waals surface area contributed by atoms with Crippen molar-refractivity contribution >= 4 is 5.82 Å². The molecule has 0 amide bonds. The van der Waals surface area contributed by atoms with Crippen LogP contribution in [0.3, 0.4) is 0 Å². The highest BCUT2D eigenvalue weighted by molar-refractivity contribution is 5.36. The predicted octanol–water partition coefficient (Wildman–Crippen LogP) is 2.12. The first-order valence-corrected chi connectivity index (χ1v) is 7.39. The quantitative estimate of drug-likeness (QED) is 0.933. The molecule has 112 valence electrons. The van der Waals surface area contributed by atoms with Crippen LogP contribution < -0.4 is 5.32 Å². The lowest BCUT2D eigenvalue weighted by molar-refractivity contribution is 0.0595. The molecule has 1 aliphatic rings. The summed E-state index contributed by atoms with van der Waals surface area (Å²) in [5.41, 5.74) is 2.03. The summed E-state index contributed by atoms with van der Waals surface area (Å²) in [6.45, 7) is 6.58. The van der Waals surface area contributed by atoms with Gasteiger partial charge in [-0.3, -0.25) is 4.98 Å². The molecule has 0 saturated carbocycles. The van der Waals surface area contributed by atoms with E-state index in [9.17, 15) is 0 Å². The lowest BCUT2D eigenvalue weighted by atomic mass is 10.0. The number of rotatable bonds is 4. The fourth-order valence-electron chi connectivity index (χ4n) is 2.62. The van der Waals surface area contributed by atoms with Crippen LogP contribution in [0.2, 0.25) is 0 Å². The summed E-state index contributed by atoms with van der Waals surface area (Å²) in [6.07, 6.45) is 5.83. The van der Waals surface area contributed by atoms with E-state index in [1.54, 1.807) is 12.4 Å². The highest BCUT2D eigenvalue weighted by atomic mass is 16.5. The van der Waals surface area contributed by atoms with E-state index in [0.717, 1.165) is 49.2 Å². The molecule has 0 spiro atoms. The molecule has 3 heterocycles. The molecular weight excluding hydrogens is 266 g/mol. The van der Waals surface area contributed by atoms with Crippen molar-refractivity contribution in [1.82, 2.24) is 19.7 Å². The van der Waals surface area contributed by atoms with Crippen molar-refractivity contribution in [3.8, 4) is 5.82 Å². The first kappa shape index (κ1) is 14.0. The maximum Gasteiger partial charge on any atom is 0.174 e. The minimum atomic E-state index is 0.554. The van der Waals surface area contributed by atoms with E-state index < -0.39 is 0 Å². The van der Waals surface area contributed by atoms with Gasteiger partial charge in [-0.1, -0.05) is 0 Å². The molecule has 2 aromatic rings. The van der Waals surface area contributed by atoms with E-state index in [0.29, 0.717) is 5.92 Å². The number of ether oxygens (including phenoxy) is 1. The van der Waals surface area contributed by atoms with Crippen molar-refractivity contribution in [2.75, 3.05) is 25.1 Å². The Morgan fingerprint density at radius 1 is 1.38 bits per heavy atom. The van der Waals surface area contributed by atoms with Gasteiger partial charge in [0, 0.05) is 18.8 Å². The Balaban J connectivity index is 1.69. The standard InChI is InChI=1S/C15H21N5O/c1-11-6-12(2)20(19-11)15-9-16-8-14(18-15)17-7-13-4-3-5-21-10-13/h6,8-9,13H,3-5,7,10H2,1-2H3,(H,17,18). The minimum absolute atomic E-state index is 0.554. The lowest BCUT2D eigenvalue weighted by Gasteiger charge is -2.22. The Hall–Kier alpha value is -1.95. The molecule has 1 aliphatic heterocycles. The first-order valence-electron chi connectivity index (χ1n) is 7.39. The van der Waals surface area contributed by atoms with Crippen molar-refractivity contribution in [1.29, 1.82) is 0 Å². The van der Waals surface area contributed by atoms with Gasteiger partial charge in [0.15, 0.2) is 5.82 Å². The fourth-order valence-corrected chi connectivity index (χ4v) is 2.62. The van der Waals surface area contributed by atoms with Crippen LogP contribution in [0.4, 0.5) is 5.82 Å². The van der Waals surface area contributed by atoms with Gasteiger partial charge in [-0.15, -0.1) is 0 Å². The molecule has 0 bridgehead atoms. The zero-order valence-electron chi connectivity index (χ0n) is 12.5. The van der Waals surface area contributed by atoms with Crippen LogP contribution in [0.5, 0.6) is 0 Å². The SMILES string of the molecule is Cc1cc(C)n(-c2cncc(NCC3CCCOC3)n2)n1. The van der Waals surface area contributed by atoms with Gasteiger partial charge in [-0.25, -0.2) is 9.67 Å². The molecule has 1 unspecified atom stereocenters. The molecule has 21 heavy (non-hydrogen) atoms. The van der Waals surface area contributed by atoms with Crippen LogP contribution in [-0.4, -0.2) is 39.5 Å². The summed E-state index contributed by atoms with van der Waals surface area (Å²) in [7, 11) is 0. The highest BCUT2D eigenvalue weighted by Crippen LogP contribution is 2.15. The molecule has 1 saturated heterocycles. The normalized spacial score (nSPS) is 18.7. The van der Waals surface area contributed by atoms with Crippen molar-refractivity contribution in [3.63, 3.8) is 0 Å². The first-order chi connectivity index (χ1) is 10.2. The van der Waals surface area contributed by atoms with Crippen LogP contribution in [0.1, 0.15) is 24.2 Å². The molecule has 2 aromatic heterocycles. The van der Waals surface area contributed by atoms with Crippen molar-refractivity contribution < 1.29 is 4.74 Å². The number of anilines is 1. The Bertz CT molecular complexity index is 604. The largest absolute Gasteiger partial charge is 0.381 e.